The van der Waals surface area contributed by atoms with Gasteiger partial charge in [-0.2, -0.15) is 0 Å². The Bertz CT molecular complexity index is 820. The average molecular weight is 352 g/mol. The third-order valence-corrected chi connectivity index (χ3v) is 5.32. The highest BCUT2D eigenvalue weighted by Crippen LogP contribution is 2.27. The first-order chi connectivity index (χ1) is 12.6. The monoisotopic (exact) mass is 352 g/mol. The molecule has 0 bridgehead atoms. The van der Waals surface area contributed by atoms with E-state index >= 15 is 0 Å². The first-order valence-electron chi connectivity index (χ1n) is 9.47. The van der Waals surface area contributed by atoms with E-state index in [-0.39, 0.29) is 5.91 Å². The second-order valence-corrected chi connectivity index (χ2v) is 7.50. The molecule has 0 radical (unpaired) electrons. The molecule has 0 N–H and O–H groups in total. The molecule has 0 aliphatic carbocycles. The molecule has 4 rings (SSSR count). The maximum absolute atomic E-state index is 13.6. The summed E-state index contributed by atoms with van der Waals surface area (Å²) in [4.78, 5) is 16.0. The number of rotatable bonds is 4. The minimum atomic E-state index is -0.714. The van der Waals surface area contributed by atoms with Crippen LogP contribution in [0.15, 0.2) is 42.5 Å². The van der Waals surface area contributed by atoms with Crippen LogP contribution in [0, 0.1) is 6.92 Å². The Morgan fingerprint density at radius 1 is 1.08 bits per heavy atom. The minimum absolute atomic E-state index is 0.217. The zero-order chi connectivity index (χ0) is 18.1. The molecular formula is C22H25FN2O. The van der Waals surface area contributed by atoms with Crippen molar-refractivity contribution >= 4 is 17.3 Å². The van der Waals surface area contributed by atoms with Gasteiger partial charge in [0.25, 0.3) is 0 Å². The smallest absolute Gasteiger partial charge is 0.227 e. The fourth-order valence-corrected chi connectivity index (χ4v) is 4.07. The molecule has 2 aliphatic rings. The van der Waals surface area contributed by atoms with Crippen molar-refractivity contribution in [1.82, 2.24) is 0 Å². The molecule has 136 valence electrons. The first-order valence-corrected chi connectivity index (χ1v) is 9.47. The Kier molecular flexibility index (Phi) is 4.66. The molecule has 0 aromatic heterocycles. The van der Waals surface area contributed by atoms with Crippen molar-refractivity contribution < 1.29 is 9.18 Å². The third kappa shape index (κ3) is 3.59. The summed E-state index contributed by atoms with van der Waals surface area (Å²) < 4.78 is 13.6. The number of halogens is 1. The van der Waals surface area contributed by atoms with Gasteiger partial charge in [-0.25, -0.2) is 4.39 Å². The Hall–Kier alpha value is -2.36. The standard InChI is InChI=1S/C22H25FN2O/c1-16-10-18(14-21(11-16)24-9-7-19(23)15-24)12-17-4-2-5-20(13-17)25-8-3-6-22(25)26/h2,4-5,10-11,13-14,19H,3,6-9,12,15H2,1H3/t19-/m0/s1. The van der Waals surface area contributed by atoms with Crippen LogP contribution in [0.2, 0.25) is 0 Å². The van der Waals surface area contributed by atoms with Crippen LogP contribution in [0.25, 0.3) is 0 Å². The zero-order valence-electron chi connectivity index (χ0n) is 15.2. The number of nitrogens with zero attached hydrogens (tertiary/aromatic N) is 2. The molecule has 4 heteroatoms. The highest BCUT2D eigenvalue weighted by atomic mass is 19.1. The van der Waals surface area contributed by atoms with Crippen molar-refractivity contribution in [1.29, 1.82) is 0 Å². The number of carbonyl (C=O) groups excluding carboxylic acids is 1. The van der Waals surface area contributed by atoms with Crippen molar-refractivity contribution in [3.8, 4) is 0 Å². The summed E-state index contributed by atoms with van der Waals surface area (Å²) >= 11 is 0. The van der Waals surface area contributed by atoms with E-state index < -0.39 is 6.17 Å². The van der Waals surface area contributed by atoms with Crippen molar-refractivity contribution in [3.63, 3.8) is 0 Å². The van der Waals surface area contributed by atoms with Crippen LogP contribution in [0.1, 0.15) is 36.0 Å². The van der Waals surface area contributed by atoms with Gasteiger partial charge in [-0.1, -0.05) is 18.2 Å². The quantitative estimate of drug-likeness (QED) is 0.821. The van der Waals surface area contributed by atoms with Gasteiger partial charge >= 0.3 is 0 Å². The van der Waals surface area contributed by atoms with Crippen LogP contribution >= 0.6 is 0 Å². The molecule has 0 saturated carbocycles. The van der Waals surface area contributed by atoms with Crippen molar-refractivity contribution in [3.05, 3.63) is 59.2 Å². The van der Waals surface area contributed by atoms with E-state index in [1.807, 2.05) is 17.0 Å². The van der Waals surface area contributed by atoms with E-state index in [0.29, 0.717) is 19.4 Å². The predicted molar refractivity (Wildman–Crippen MR) is 104 cm³/mol. The van der Waals surface area contributed by atoms with E-state index in [9.17, 15) is 9.18 Å². The van der Waals surface area contributed by atoms with E-state index in [4.69, 9.17) is 0 Å². The molecular weight excluding hydrogens is 327 g/mol. The number of hydrogen-bond donors (Lipinski definition) is 0. The summed E-state index contributed by atoms with van der Waals surface area (Å²) in [6.07, 6.45) is 2.31. The Labute approximate surface area is 154 Å². The number of benzene rings is 2. The van der Waals surface area contributed by atoms with Gasteiger partial charge in [0.1, 0.15) is 6.17 Å². The second-order valence-electron chi connectivity index (χ2n) is 7.50. The molecule has 0 spiro atoms. The molecule has 2 heterocycles. The lowest BCUT2D eigenvalue weighted by Crippen LogP contribution is -2.23. The lowest BCUT2D eigenvalue weighted by molar-refractivity contribution is -0.117. The molecule has 2 aromatic carbocycles. The van der Waals surface area contributed by atoms with Gasteiger partial charge in [0.05, 0.1) is 0 Å². The Morgan fingerprint density at radius 3 is 2.65 bits per heavy atom. The van der Waals surface area contributed by atoms with Crippen LogP contribution in [0.3, 0.4) is 0 Å². The average Bonchev–Trinajstić information content (AvgIpc) is 3.23. The highest BCUT2D eigenvalue weighted by molar-refractivity contribution is 5.95. The number of hydrogen-bond acceptors (Lipinski definition) is 2. The van der Waals surface area contributed by atoms with E-state index in [2.05, 4.69) is 42.2 Å². The van der Waals surface area contributed by atoms with Gasteiger partial charge in [-0.3, -0.25) is 4.79 Å². The normalized spacial score (nSPS) is 20.2. The Morgan fingerprint density at radius 2 is 1.92 bits per heavy atom. The van der Waals surface area contributed by atoms with Gasteiger partial charge in [0, 0.05) is 37.4 Å². The van der Waals surface area contributed by atoms with Crippen LogP contribution in [-0.2, 0) is 11.2 Å². The minimum Gasteiger partial charge on any atom is -0.368 e. The molecule has 2 fully saturated rings. The maximum Gasteiger partial charge on any atom is 0.227 e. The zero-order valence-corrected chi connectivity index (χ0v) is 15.2. The summed E-state index contributed by atoms with van der Waals surface area (Å²) in [5, 5.41) is 0. The predicted octanol–water partition coefficient (Wildman–Crippen LogP) is 4.26. The Balaban J connectivity index is 1.55. The molecule has 26 heavy (non-hydrogen) atoms. The topological polar surface area (TPSA) is 23.6 Å². The first kappa shape index (κ1) is 17.1. The second kappa shape index (κ2) is 7.10. The molecule has 1 atom stereocenters. The van der Waals surface area contributed by atoms with Crippen molar-refractivity contribution in [2.24, 2.45) is 0 Å². The van der Waals surface area contributed by atoms with Crippen LogP contribution in [-0.4, -0.2) is 31.7 Å². The lowest BCUT2D eigenvalue weighted by Gasteiger charge is -2.20. The van der Waals surface area contributed by atoms with E-state index in [1.54, 1.807) is 0 Å². The summed E-state index contributed by atoms with van der Waals surface area (Å²) in [5.74, 6) is 0.217. The maximum atomic E-state index is 13.6. The van der Waals surface area contributed by atoms with Gasteiger partial charge in [-0.15, -0.1) is 0 Å². The van der Waals surface area contributed by atoms with Crippen molar-refractivity contribution in [2.45, 2.75) is 38.8 Å². The van der Waals surface area contributed by atoms with Crippen molar-refractivity contribution in [2.75, 3.05) is 29.4 Å². The lowest BCUT2D eigenvalue weighted by atomic mass is 10.0. The van der Waals surface area contributed by atoms with Crippen LogP contribution in [0.4, 0.5) is 15.8 Å². The molecule has 2 saturated heterocycles. The highest BCUT2D eigenvalue weighted by Gasteiger charge is 2.23. The molecule has 2 aliphatic heterocycles. The van der Waals surface area contributed by atoms with Gasteiger partial charge < -0.3 is 9.80 Å². The third-order valence-electron chi connectivity index (χ3n) is 5.32. The summed E-state index contributed by atoms with van der Waals surface area (Å²) in [7, 11) is 0. The number of aryl methyl sites for hydroxylation is 1. The molecule has 0 unspecified atom stereocenters. The number of alkyl halides is 1. The number of amides is 1. The SMILES string of the molecule is Cc1cc(Cc2cccc(N3CCCC3=O)c2)cc(N2CC[C@H](F)C2)c1. The van der Waals surface area contributed by atoms with Gasteiger partial charge in [0.15, 0.2) is 0 Å². The van der Waals surface area contributed by atoms with Gasteiger partial charge in [0.2, 0.25) is 5.91 Å². The fraction of sp³-hybridized carbons (Fsp3) is 0.409. The number of carbonyl (C=O) groups is 1. The van der Waals surface area contributed by atoms with Gasteiger partial charge in [-0.05, 0) is 67.1 Å². The largest absolute Gasteiger partial charge is 0.368 e. The molecule has 3 nitrogen and oxygen atoms in total. The molecule has 1 amide bonds. The van der Waals surface area contributed by atoms with E-state index in [0.717, 1.165) is 37.3 Å². The summed E-state index contributed by atoms with van der Waals surface area (Å²) in [6, 6.07) is 14.8. The van der Waals surface area contributed by atoms with Crippen LogP contribution in [0.5, 0.6) is 0 Å². The molecule has 2 aromatic rings. The fourth-order valence-electron chi connectivity index (χ4n) is 4.07. The summed E-state index contributed by atoms with van der Waals surface area (Å²) in [6.45, 7) is 4.19. The van der Waals surface area contributed by atoms with Crippen LogP contribution < -0.4 is 9.80 Å². The number of anilines is 2. The summed E-state index contributed by atoms with van der Waals surface area (Å²) in [5.41, 5.74) is 5.74. The van der Waals surface area contributed by atoms with E-state index in [1.165, 1.54) is 16.7 Å².